The number of nitrogens with one attached hydrogen (secondary N) is 2. The van der Waals surface area contributed by atoms with E-state index in [4.69, 9.17) is 4.98 Å². The smallest absolute Gasteiger partial charge is 0.247 e. The molecule has 158 valence electrons. The van der Waals surface area contributed by atoms with Crippen LogP contribution in [-0.4, -0.2) is 43.6 Å². The average molecular weight is 416 g/mol. The average Bonchev–Trinajstić information content (AvgIpc) is 3.39. The Morgan fingerprint density at radius 3 is 3.06 bits per heavy atom. The third-order valence-electron chi connectivity index (χ3n) is 5.81. The number of allylic oxidation sites excluding steroid dienone is 1. The molecule has 0 saturated heterocycles. The number of likely N-dealkylation sites (N-methyl/N-ethyl adjacent to an activating group) is 1. The van der Waals surface area contributed by atoms with Crippen molar-refractivity contribution in [2.45, 2.75) is 25.4 Å². The van der Waals surface area contributed by atoms with Crippen molar-refractivity contribution >= 4 is 23.1 Å². The van der Waals surface area contributed by atoms with Crippen molar-refractivity contribution in [2.75, 3.05) is 12.4 Å². The molecule has 2 N–H and O–H groups in total. The van der Waals surface area contributed by atoms with Crippen molar-refractivity contribution in [1.82, 2.24) is 30.0 Å². The Morgan fingerprint density at radius 2 is 2.26 bits per heavy atom. The highest BCUT2D eigenvalue weighted by Gasteiger charge is 2.34. The van der Waals surface area contributed by atoms with Crippen molar-refractivity contribution in [1.29, 1.82) is 0 Å². The first-order valence-corrected chi connectivity index (χ1v) is 10.5. The lowest BCUT2D eigenvalue weighted by molar-refractivity contribution is -0.115. The zero-order valence-electron chi connectivity index (χ0n) is 17.4. The van der Waals surface area contributed by atoms with Crippen LogP contribution in [0.25, 0.3) is 5.57 Å². The van der Waals surface area contributed by atoms with E-state index in [1.54, 1.807) is 6.20 Å². The molecule has 0 radical (unpaired) electrons. The van der Waals surface area contributed by atoms with Crippen LogP contribution < -0.4 is 10.6 Å². The zero-order valence-corrected chi connectivity index (χ0v) is 17.4. The molecule has 0 aromatic carbocycles. The molecule has 2 aromatic heterocycles. The molecule has 1 amide bonds. The van der Waals surface area contributed by atoms with E-state index in [-0.39, 0.29) is 17.9 Å². The van der Waals surface area contributed by atoms with Gasteiger partial charge in [-0.1, -0.05) is 12.7 Å². The Morgan fingerprint density at radius 1 is 1.39 bits per heavy atom. The van der Waals surface area contributed by atoms with E-state index < -0.39 is 0 Å². The first-order chi connectivity index (χ1) is 15.1. The van der Waals surface area contributed by atoms with Gasteiger partial charge in [0.2, 0.25) is 11.9 Å². The number of fused-ring (bicyclic) bond motifs is 1. The third-order valence-corrected chi connectivity index (χ3v) is 5.81. The molecule has 3 heterocycles. The molecule has 8 nitrogen and oxygen atoms in total. The number of amides is 1. The van der Waals surface area contributed by atoms with Crippen LogP contribution in [-0.2, 0) is 11.3 Å². The number of nitrogens with zero attached hydrogens (tertiary/aromatic N) is 5. The van der Waals surface area contributed by atoms with Gasteiger partial charge in [-0.3, -0.25) is 9.48 Å². The maximum atomic E-state index is 11.6. The number of rotatable bonds is 7. The Balaban J connectivity index is 1.31. The normalized spacial score (nSPS) is 21.9. The van der Waals surface area contributed by atoms with Gasteiger partial charge < -0.3 is 15.5 Å². The van der Waals surface area contributed by atoms with Crippen LogP contribution in [0.2, 0.25) is 0 Å². The van der Waals surface area contributed by atoms with Crippen LogP contribution >= 0.6 is 0 Å². The minimum atomic E-state index is -0.213. The molecule has 5 rings (SSSR count). The maximum absolute atomic E-state index is 11.6. The van der Waals surface area contributed by atoms with Gasteiger partial charge >= 0.3 is 0 Å². The van der Waals surface area contributed by atoms with Crippen molar-refractivity contribution in [3.8, 4) is 0 Å². The number of aromatic nitrogens is 4. The van der Waals surface area contributed by atoms with Crippen LogP contribution in [0.5, 0.6) is 0 Å². The highest BCUT2D eigenvalue weighted by atomic mass is 16.1. The number of anilines is 2. The van der Waals surface area contributed by atoms with Gasteiger partial charge in [0, 0.05) is 49.4 Å². The monoisotopic (exact) mass is 415 g/mol. The lowest BCUT2D eigenvalue weighted by Gasteiger charge is -2.26. The standard InChI is InChI=1S/C23H25N7O/c1-3-22(31)26-16-6-7-18-19(14-29(2)21(18)10-16)20-8-9-24-23(28-20)27-17-11-25-30(13-17)12-15-4-5-15/h3,6-11,13-15,18,21H,1,4-5,12H2,2H3,(H,26,31)(H,24,27,28). The number of hydrogen-bond acceptors (Lipinski definition) is 6. The minimum Gasteiger partial charge on any atom is -0.373 e. The van der Waals surface area contributed by atoms with E-state index in [0.717, 1.165) is 35.1 Å². The van der Waals surface area contributed by atoms with Crippen LogP contribution in [0.15, 0.2) is 67.4 Å². The van der Waals surface area contributed by atoms with Gasteiger partial charge in [0.1, 0.15) is 0 Å². The first-order valence-electron chi connectivity index (χ1n) is 10.5. The Bertz CT molecular complexity index is 1110. The fourth-order valence-electron chi connectivity index (χ4n) is 4.03. The second-order valence-electron chi connectivity index (χ2n) is 8.23. The third kappa shape index (κ3) is 4.14. The van der Waals surface area contributed by atoms with Crippen molar-refractivity contribution in [2.24, 2.45) is 11.8 Å². The van der Waals surface area contributed by atoms with E-state index in [9.17, 15) is 4.79 Å². The molecule has 0 bridgehead atoms. The van der Waals surface area contributed by atoms with Gasteiger partial charge in [0.15, 0.2) is 0 Å². The molecular formula is C23H25N7O. The van der Waals surface area contributed by atoms with Crippen molar-refractivity contribution in [3.05, 3.63) is 73.1 Å². The number of hydrogen-bond donors (Lipinski definition) is 2. The quantitative estimate of drug-likeness (QED) is 0.676. The van der Waals surface area contributed by atoms with E-state index in [0.29, 0.717) is 5.95 Å². The summed E-state index contributed by atoms with van der Waals surface area (Å²) in [4.78, 5) is 22.9. The zero-order chi connectivity index (χ0) is 21.4. The summed E-state index contributed by atoms with van der Waals surface area (Å²) in [7, 11) is 2.03. The maximum Gasteiger partial charge on any atom is 0.247 e. The largest absolute Gasteiger partial charge is 0.373 e. The summed E-state index contributed by atoms with van der Waals surface area (Å²) in [5.74, 6) is 1.26. The van der Waals surface area contributed by atoms with Crippen LogP contribution in [0.3, 0.4) is 0 Å². The summed E-state index contributed by atoms with van der Waals surface area (Å²) in [6.45, 7) is 4.48. The molecular weight excluding hydrogens is 390 g/mol. The highest BCUT2D eigenvalue weighted by molar-refractivity contribution is 5.88. The summed E-state index contributed by atoms with van der Waals surface area (Å²) >= 11 is 0. The van der Waals surface area contributed by atoms with Crippen LogP contribution in [0.4, 0.5) is 11.6 Å². The summed E-state index contributed by atoms with van der Waals surface area (Å²) in [5.41, 5.74) is 3.65. The summed E-state index contributed by atoms with van der Waals surface area (Å²) in [5, 5.41) is 10.5. The molecule has 2 atom stereocenters. The van der Waals surface area contributed by atoms with Gasteiger partial charge in [0.05, 0.1) is 23.6 Å². The number of carbonyl (C=O) groups excluding carboxylic acids is 1. The predicted octanol–water partition coefficient (Wildman–Crippen LogP) is 2.85. The van der Waals surface area contributed by atoms with Gasteiger partial charge in [-0.25, -0.2) is 9.97 Å². The molecule has 2 aromatic rings. The molecule has 0 spiro atoms. The molecule has 31 heavy (non-hydrogen) atoms. The molecule has 3 aliphatic rings. The fraction of sp³-hybridized carbons (Fsp3) is 0.304. The topological polar surface area (TPSA) is 88.0 Å². The van der Waals surface area contributed by atoms with Crippen molar-refractivity contribution < 1.29 is 4.79 Å². The lowest BCUT2D eigenvalue weighted by Crippen LogP contribution is -2.31. The number of carbonyl (C=O) groups is 1. The SMILES string of the molecule is C=CC(=O)NC1=CC2C(C=C1)C(c1ccnc(Nc3cnn(CC4CC4)c3)n1)=CN2C. The van der Waals surface area contributed by atoms with Crippen LogP contribution in [0.1, 0.15) is 18.5 Å². The fourth-order valence-corrected chi connectivity index (χ4v) is 4.03. The summed E-state index contributed by atoms with van der Waals surface area (Å²) in [6.07, 6.45) is 17.7. The second-order valence-corrected chi connectivity index (χ2v) is 8.23. The van der Waals surface area contributed by atoms with E-state index in [1.807, 2.05) is 36.3 Å². The minimum absolute atomic E-state index is 0.118. The molecule has 1 fully saturated rings. The van der Waals surface area contributed by atoms with Crippen LogP contribution in [0, 0.1) is 11.8 Å². The van der Waals surface area contributed by atoms with E-state index in [1.165, 1.54) is 18.9 Å². The van der Waals surface area contributed by atoms with E-state index in [2.05, 4.69) is 50.5 Å². The summed E-state index contributed by atoms with van der Waals surface area (Å²) in [6, 6.07) is 2.04. The van der Waals surface area contributed by atoms with E-state index >= 15 is 0 Å². The molecule has 2 aliphatic carbocycles. The molecule has 8 heteroatoms. The lowest BCUT2D eigenvalue weighted by atomic mass is 9.88. The Hall–Kier alpha value is -3.68. The predicted molar refractivity (Wildman–Crippen MR) is 119 cm³/mol. The Labute approximate surface area is 181 Å². The highest BCUT2D eigenvalue weighted by Crippen LogP contribution is 2.38. The van der Waals surface area contributed by atoms with Gasteiger partial charge in [-0.15, -0.1) is 0 Å². The van der Waals surface area contributed by atoms with Gasteiger partial charge in [0.25, 0.3) is 0 Å². The Kier molecular flexibility index (Phi) is 4.89. The molecule has 1 saturated carbocycles. The van der Waals surface area contributed by atoms with Gasteiger partial charge in [-0.05, 0) is 43.1 Å². The molecule has 2 unspecified atom stereocenters. The second kappa shape index (κ2) is 7.86. The summed E-state index contributed by atoms with van der Waals surface area (Å²) < 4.78 is 1.98. The van der Waals surface area contributed by atoms with Crippen molar-refractivity contribution in [3.63, 3.8) is 0 Å². The van der Waals surface area contributed by atoms with Gasteiger partial charge in [-0.2, -0.15) is 5.10 Å². The first kappa shape index (κ1) is 19.3. The molecule has 1 aliphatic heterocycles.